The third-order valence-corrected chi connectivity index (χ3v) is 4.64. The van der Waals surface area contributed by atoms with Crippen molar-refractivity contribution in [2.24, 2.45) is 0 Å². The average molecular weight is 286 g/mol. The Kier molecular flexibility index (Phi) is 6.03. The van der Waals surface area contributed by atoms with Gasteiger partial charge in [0.15, 0.2) is 0 Å². The topological polar surface area (TPSA) is 12.0 Å². The molecule has 0 bridgehead atoms. The van der Waals surface area contributed by atoms with E-state index in [4.69, 9.17) is 11.6 Å². The van der Waals surface area contributed by atoms with Crippen LogP contribution in [0.1, 0.15) is 33.3 Å². The Morgan fingerprint density at radius 3 is 2.22 bits per heavy atom. The first-order valence-electron chi connectivity index (χ1n) is 6.38. The molecule has 0 aliphatic carbocycles. The summed E-state index contributed by atoms with van der Waals surface area (Å²) in [6.45, 7) is 9.87. The van der Waals surface area contributed by atoms with Crippen molar-refractivity contribution in [2.45, 2.75) is 38.0 Å². The molecule has 0 fully saturated rings. The molecule has 1 unspecified atom stereocenters. The number of hydrogen-bond acceptors (Lipinski definition) is 2. The Hall–Kier alpha value is -0.180. The molecule has 0 spiro atoms. The fourth-order valence-electron chi connectivity index (χ4n) is 1.72. The Morgan fingerprint density at radius 1 is 1.11 bits per heavy atom. The highest BCUT2D eigenvalue weighted by Crippen LogP contribution is 2.24. The average Bonchev–Trinajstić information content (AvgIpc) is 2.34. The second kappa shape index (κ2) is 6.83. The number of thioether (sulfide) groups is 1. The van der Waals surface area contributed by atoms with E-state index < -0.39 is 0 Å². The van der Waals surface area contributed by atoms with Gasteiger partial charge in [-0.2, -0.15) is 11.8 Å². The normalized spacial score (nSPS) is 15.4. The molecule has 1 N–H and O–H groups in total. The summed E-state index contributed by atoms with van der Waals surface area (Å²) in [6.07, 6.45) is 0. The lowest BCUT2D eigenvalue weighted by Crippen LogP contribution is -2.42. The van der Waals surface area contributed by atoms with Crippen molar-refractivity contribution in [3.8, 4) is 0 Å². The summed E-state index contributed by atoms with van der Waals surface area (Å²) in [6, 6.07) is 10.4. The molecule has 0 radical (unpaired) electrons. The summed E-state index contributed by atoms with van der Waals surface area (Å²) in [5, 5.41) is 3.58. The Morgan fingerprint density at radius 2 is 1.72 bits per heavy atom. The van der Waals surface area contributed by atoms with Crippen LogP contribution in [0.25, 0.3) is 0 Å². The van der Waals surface area contributed by atoms with Crippen LogP contribution in [-0.2, 0) is 5.54 Å². The molecular weight excluding hydrogens is 262 g/mol. The van der Waals surface area contributed by atoms with Crippen molar-refractivity contribution >= 4 is 23.4 Å². The smallest absolute Gasteiger partial charge is 0.0543 e. The van der Waals surface area contributed by atoms with Gasteiger partial charge >= 0.3 is 0 Å². The Balaban J connectivity index is 2.52. The number of benzene rings is 1. The molecule has 0 saturated carbocycles. The molecule has 0 amide bonds. The van der Waals surface area contributed by atoms with Crippen molar-refractivity contribution in [1.82, 2.24) is 5.32 Å². The Labute approximate surface area is 121 Å². The van der Waals surface area contributed by atoms with Gasteiger partial charge in [0.25, 0.3) is 0 Å². The van der Waals surface area contributed by atoms with Crippen molar-refractivity contribution in [2.75, 3.05) is 18.2 Å². The monoisotopic (exact) mass is 285 g/mol. The molecule has 0 aromatic heterocycles. The predicted octanol–water partition coefficient (Wildman–Crippen LogP) is 4.26. The van der Waals surface area contributed by atoms with Crippen LogP contribution < -0.4 is 5.32 Å². The van der Waals surface area contributed by atoms with E-state index in [9.17, 15) is 0 Å². The molecule has 102 valence electrons. The van der Waals surface area contributed by atoms with Crippen LogP contribution in [0.15, 0.2) is 30.3 Å². The van der Waals surface area contributed by atoms with E-state index in [1.165, 1.54) is 5.56 Å². The van der Waals surface area contributed by atoms with Crippen LogP contribution in [-0.4, -0.2) is 22.9 Å². The lowest BCUT2D eigenvalue weighted by atomic mass is 9.94. The highest BCUT2D eigenvalue weighted by molar-refractivity contribution is 8.00. The van der Waals surface area contributed by atoms with E-state index in [0.29, 0.717) is 10.6 Å². The van der Waals surface area contributed by atoms with E-state index in [2.05, 4.69) is 57.3 Å². The van der Waals surface area contributed by atoms with E-state index >= 15 is 0 Å². The number of halogens is 1. The van der Waals surface area contributed by atoms with Gasteiger partial charge in [-0.05, 0) is 12.5 Å². The van der Waals surface area contributed by atoms with Gasteiger partial charge in [0.05, 0.1) is 5.54 Å². The number of nitrogens with one attached hydrogen (secondary N) is 1. The van der Waals surface area contributed by atoms with Gasteiger partial charge in [-0.15, -0.1) is 11.6 Å². The molecule has 18 heavy (non-hydrogen) atoms. The van der Waals surface area contributed by atoms with Crippen LogP contribution >= 0.6 is 23.4 Å². The lowest BCUT2D eigenvalue weighted by Gasteiger charge is -2.30. The maximum absolute atomic E-state index is 6.14. The van der Waals surface area contributed by atoms with Gasteiger partial charge < -0.3 is 5.32 Å². The van der Waals surface area contributed by atoms with Crippen molar-refractivity contribution < 1.29 is 0 Å². The zero-order chi connectivity index (χ0) is 13.6. The van der Waals surface area contributed by atoms with Crippen LogP contribution in [0.5, 0.6) is 0 Å². The third kappa shape index (κ3) is 5.21. The summed E-state index contributed by atoms with van der Waals surface area (Å²) in [5.41, 5.74) is 1.11. The maximum Gasteiger partial charge on any atom is 0.0543 e. The largest absolute Gasteiger partial charge is 0.306 e. The minimum Gasteiger partial charge on any atom is -0.306 e. The summed E-state index contributed by atoms with van der Waals surface area (Å²) >= 11 is 8.12. The molecule has 1 atom stereocenters. The zero-order valence-corrected chi connectivity index (χ0v) is 13.4. The predicted molar refractivity (Wildman–Crippen MR) is 84.7 cm³/mol. The molecule has 0 aliphatic heterocycles. The van der Waals surface area contributed by atoms with Crippen molar-refractivity contribution in [3.63, 3.8) is 0 Å². The number of hydrogen-bond donors (Lipinski definition) is 1. The van der Waals surface area contributed by atoms with Gasteiger partial charge in [-0.25, -0.2) is 0 Å². The van der Waals surface area contributed by atoms with Gasteiger partial charge in [0.2, 0.25) is 0 Å². The molecule has 0 aliphatic rings. The molecule has 3 heteroatoms. The fraction of sp³-hybridized carbons (Fsp3) is 0.600. The van der Waals surface area contributed by atoms with Crippen molar-refractivity contribution in [1.29, 1.82) is 0 Å². The standard InChI is InChI=1S/C15H24ClNS/c1-14(2,3)18-11-10-17-15(4,12-16)13-8-6-5-7-9-13/h5-9,17H,10-12H2,1-4H3. The molecule has 1 rings (SSSR count). The van der Waals surface area contributed by atoms with Crippen molar-refractivity contribution in [3.05, 3.63) is 35.9 Å². The van der Waals surface area contributed by atoms with Gasteiger partial charge in [-0.3, -0.25) is 0 Å². The van der Waals surface area contributed by atoms with Crippen LogP contribution in [0.4, 0.5) is 0 Å². The fourth-order valence-corrected chi connectivity index (χ4v) is 2.78. The maximum atomic E-state index is 6.14. The van der Waals surface area contributed by atoms with E-state index in [1.54, 1.807) is 0 Å². The third-order valence-electron chi connectivity index (χ3n) is 2.83. The van der Waals surface area contributed by atoms with E-state index in [-0.39, 0.29) is 5.54 Å². The van der Waals surface area contributed by atoms with Crippen LogP contribution in [0.2, 0.25) is 0 Å². The Bertz CT molecular complexity index is 347. The number of rotatable bonds is 6. The molecular formula is C15H24ClNS. The second-order valence-corrected chi connectivity index (χ2v) is 7.91. The minimum atomic E-state index is -0.138. The first-order chi connectivity index (χ1) is 8.37. The van der Waals surface area contributed by atoms with Crippen LogP contribution in [0.3, 0.4) is 0 Å². The molecule has 1 aromatic rings. The summed E-state index contributed by atoms with van der Waals surface area (Å²) in [4.78, 5) is 0. The van der Waals surface area contributed by atoms with Gasteiger partial charge in [-0.1, -0.05) is 51.1 Å². The van der Waals surface area contributed by atoms with E-state index in [1.807, 2.05) is 17.8 Å². The quantitative estimate of drug-likeness (QED) is 0.619. The first-order valence-corrected chi connectivity index (χ1v) is 7.90. The SMILES string of the molecule is CC(C)(C)SCCNC(C)(CCl)c1ccccc1. The molecule has 0 heterocycles. The summed E-state index contributed by atoms with van der Waals surface area (Å²) in [5.74, 6) is 1.68. The van der Waals surface area contributed by atoms with Gasteiger partial charge in [0.1, 0.15) is 0 Å². The first kappa shape index (κ1) is 15.9. The molecule has 1 aromatic carbocycles. The van der Waals surface area contributed by atoms with Gasteiger partial charge in [0, 0.05) is 22.9 Å². The highest BCUT2D eigenvalue weighted by atomic mass is 35.5. The lowest BCUT2D eigenvalue weighted by molar-refractivity contribution is 0.423. The zero-order valence-electron chi connectivity index (χ0n) is 11.8. The summed E-state index contributed by atoms with van der Waals surface area (Å²) < 4.78 is 0.325. The molecule has 0 saturated heterocycles. The second-order valence-electron chi connectivity index (χ2n) is 5.72. The highest BCUT2D eigenvalue weighted by Gasteiger charge is 2.24. The number of alkyl halides is 1. The summed E-state index contributed by atoms with van der Waals surface area (Å²) in [7, 11) is 0. The van der Waals surface area contributed by atoms with Crippen LogP contribution in [0, 0.1) is 0 Å². The molecule has 1 nitrogen and oxygen atoms in total. The van der Waals surface area contributed by atoms with E-state index in [0.717, 1.165) is 12.3 Å². The minimum absolute atomic E-state index is 0.138.